The van der Waals surface area contributed by atoms with Crippen LogP contribution in [0, 0.1) is 5.82 Å². The first-order valence-electron chi connectivity index (χ1n) is 8.25. The van der Waals surface area contributed by atoms with Gasteiger partial charge in [-0.25, -0.2) is 4.39 Å². The van der Waals surface area contributed by atoms with Gasteiger partial charge in [0, 0.05) is 46.2 Å². The molecule has 1 N–H and O–H groups in total. The molecule has 0 atom stereocenters. The maximum Gasteiger partial charge on any atom is 0.193 e. The molecule has 0 radical (unpaired) electrons. The van der Waals surface area contributed by atoms with Gasteiger partial charge in [0.25, 0.3) is 0 Å². The van der Waals surface area contributed by atoms with Gasteiger partial charge in [0.05, 0.1) is 12.0 Å². The largest absolute Gasteiger partial charge is 0.469 e. The summed E-state index contributed by atoms with van der Waals surface area (Å²) in [6, 6.07) is 10.8. The van der Waals surface area contributed by atoms with Gasteiger partial charge in [-0.1, -0.05) is 12.1 Å². The van der Waals surface area contributed by atoms with Crippen LogP contribution in [0.5, 0.6) is 0 Å². The van der Waals surface area contributed by atoms with Crippen molar-refractivity contribution >= 4 is 11.6 Å². The van der Waals surface area contributed by atoms with Crippen molar-refractivity contribution in [2.45, 2.75) is 6.42 Å². The molecule has 24 heavy (non-hydrogen) atoms. The van der Waals surface area contributed by atoms with Crippen molar-refractivity contribution in [1.29, 1.82) is 0 Å². The first kappa shape index (κ1) is 16.4. The zero-order valence-corrected chi connectivity index (χ0v) is 13.9. The summed E-state index contributed by atoms with van der Waals surface area (Å²) in [4.78, 5) is 8.65. The maximum atomic E-state index is 13.9. The number of benzene rings is 1. The normalized spacial score (nSPS) is 15.7. The summed E-state index contributed by atoms with van der Waals surface area (Å²) in [7, 11) is 1.79. The summed E-state index contributed by atoms with van der Waals surface area (Å²) in [5, 5.41) is 3.37. The van der Waals surface area contributed by atoms with Crippen LogP contribution in [0.4, 0.5) is 10.1 Å². The van der Waals surface area contributed by atoms with Gasteiger partial charge in [-0.05, 0) is 24.3 Å². The third-order valence-electron chi connectivity index (χ3n) is 4.22. The molecule has 1 aromatic carbocycles. The molecule has 2 heterocycles. The fourth-order valence-corrected chi connectivity index (χ4v) is 2.95. The second-order valence-electron chi connectivity index (χ2n) is 5.73. The number of hydrogen-bond acceptors (Lipinski definition) is 3. The lowest BCUT2D eigenvalue weighted by atomic mass is 10.2. The lowest BCUT2D eigenvalue weighted by molar-refractivity contribution is 0.370. The molecule has 0 spiro atoms. The Morgan fingerprint density at radius 2 is 1.96 bits per heavy atom. The van der Waals surface area contributed by atoms with Crippen LogP contribution in [-0.2, 0) is 6.42 Å². The number of nitrogens with zero attached hydrogens (tertiary/aromatic N) is 3. The number of aliphatic imine (C=N–C) groups is 1. The highest BCUT2D eigenvalue weighted by Gasteiger charge is 2.21. The van der Waals surface area contributed by atoms with Crippen molar-refractivity contribution in [2.24, 2.45) is 4.99 Å². The molecule has 1 aliphatic rings. The molecule has 0 saturated carbocycles. The summed E-state index contributed by atoms with van der Waals surface area (Å²) < 4.78 is 19.2. The van der Waals surface area contributed by atoms with E-state index in [2.05, 4.69) is 20.1 Å². The number of para-hydroxylation sites is 1. The summed E-state index contributed by atoms with van der Waals surface area (Å²) >= 11 is 0. The van der Waals surface area contributed by atoms with Gasteiger partial charge in [-0.3, -0.25) is 4.99 Å². The van der Waals surface area contributed by atoms with Gasteiger partial charge >= 0.3 is 0 Å². The third-order valence-corrected chi connectivity index (χ3v) is 4.22. The van der Waals surface area contributed by atoms with E-state index < -0.39 is 0 Å². The van der Waals surface area contributed by atoms with E-state index >= 15 is 0 Å². The molecular weight excluding hydrogens is 307 g/mol. The lowest BCUT2D eigenvalue weighted by Crippen LogP contribution is -2.53. The first-order valence-corrected chi connectivity index (χ1v) is 8.25. The Bertz CT molecular complexity index is 663. The molecule has 6 heteroatoms. The van der Waals surface area contributed by atoms with Crippen LogP contribution in [0.25, 0.3) is 0 Å². The standard InChI is InChI=1S/C18H23FN4O/c1-20-18(21-9-8-15-5-4-14-24-15)23-12-10-22(11-13-23)17-7-3-2-6-16(17)19/h2-7,14H,8-13H2,1H3,(H,20,21). The van der Waals surface area contributed by atoms with E-state index in [4.69, 9.17) is 4.42 Å². The van der Waals surface area contributed by atoms with Crippen LogP contribution in [0.2, 0.25) is 0 Å². The molecule has 0 unspecified atom stereocenters. The van der Waals surface area contributed by atoms with E-state index in [1.54, 1.807) is 19.4 Å². The van der Waals surface area contributed by atoms with Gasteiger partial charge in [-0.15, -0.1) is 0 Å². The number of anilines is 1. The molecular formula is C18H23FN4O. The topological polar surface area (TPSA) is 44.0 Å². The number of piperazine rings is 1. The lowest BCUT2D eigenvalue weighted by Gasteiger charge is -2.37. The quantitative estimate of drug-likeness (QED) is 0.690. The van der Waals surface area contributed by atoms with Gasteiger partial charge in [0.2, 0.25) is 0 Å². The number of furan rings is 1. The van der Waals surface area contributed by atoms with Crippen molar-refractivity contribution in [1.82, 2.24) is 10.2 Å². The molecule has 1 saturated heterocycles. The molecule has 0 aliphatic carbocycles. The molecule has 1 aromatic heterocycles. The monoisotopic (exact) mass is 330 g/mol. The molecule has 1 fully saturated rings. The van der Waals surface area contributed by atoms with E-state index in [-0.39, 0.29) is 5.82 Å². The smallest absolute Gasteiger partial charge is 0.193 e. The minimum atomic E-state index is -0.160. The fraction of sp³-hybridized carbons (Fsp3) is 0.389. The Labute approximate surface area is 141 Å². The van der Waals surface area contributed by atoms with Gasteiger partial charge in [0.15, 0.2) is 5.96 Å². The van der Waals surface area contributed by atoms with Crippen LogP contribution in [0.1, 0.15) is 5.76 Å². The number of hydrogen-bond donors (Lipinski definition) is 1. The predicted octanol–water partition coefficient (Wildman–Crippen LogP) is 2.36. The minimum Gasteiger partial charge on any atom is -0.469 e. The van der Waals surface area contributed by atoms with E-state index in [1.165, 1.54) is 6.07 Å². The Morgan fingerprint density at radius 3 is 2.62 bits per heavy atom. The second kappa shape index (κ2) is 7.86. The predicted molar refractivity (Wildman–Crippen MR) is 94.0 cm³/mol. The highest BCUT2D eigenvalue weighted by atomic mass is 19.1. The van der Waals surface area contributed by atoms with E-state index in [1.807, 2.05) is 24.3 Å². The maximum absolute atomic E-state index is 13.9. The molecule has 128 valence electrons. The summed E-state index contributed by atoms with van der Waals surface area (Å²) in [6.07, 6.45) is 2.51. The molecule has 3 rings (SSSR count). The fourth-order valence-electron chi connectivity index (χ4n) is 2.95. The molecule has 0 bridgehead atoms. The van der Waals surface area contributed by atoms with Crippen molar-refractivity contribution in [3.63, 3.8) is 0 Å². The molecule has 5 nitrogen and oxygen atoms in total. The number of guanidine groups is 1. The van der Waals surface area contributed by atoms with Crippen LogP contribution in [0.15, 0.2) is 52.1 Å². The van der Waals surface area contributed by atoms with Crippen LogP contribution in [-0.4, -0.2) is 50.6 Å². The minimum absolute atomic E-state index is 0.160. The SMILES string of the molecule is CN=C(NCCc1ccco1)N1CCN(c2ccccc2F)CC1. The van der Waals surface area contributed by atoms with Crippen LogP contribution >= 0.6 is 0 Å². The number of nitrogens with one attached hydrogen (secondary N) is 1. The molecule has 1 aliphatic heterocycles. The van der Waals surface area contributed by atoms with Crippen molar-refractivity contribution in [3.8, 4) is 0 Å². The Hall–Kier alpha value is -2.50. The Morgan fingerprint density at radius 1 is 1.17 bits per heavy atom. The third kappa shape index (κ3) is 3.88. The summed E-state index contributed by atoms with van der Waals surface area (Å²) in [5.74, 6) is 1.68. The van der Waals surface area contributed by atoms with Crippen LogP contribution < -0.4 is 10.2 Å². The van der Waals surface area contributed by atoms with Crippen LogP contribution in [0.3, 0.4) is 0 Å². The summed E-state index contributed by atoms with van der Waals surface area (Å²) in [6.45, 7) is 3.96. The second-order valence-corrected chi connectivity index (χ2v) is 5.73. The van der Waals surface area contributed by atoms with Crippen molar-refractivity contribution < 1.29 is 8.81 Å². The Kier molecular flexibility index (Phi) is 5.36. The average Bonchev–Trinajstić information content (AvgIpc) is 3.13. The highest BCUT2D eigenvalue weighted by molar-refractivity contribution is 5.80. The average molecular weight is 330 g/mol. The van der Waals surface area contributed by atoms with Crippen molar-refractivity contribution in [3.05, 3.63) is 54.2 Å². The van der Waals surface area contributed by atoms with E-state index in [0.717, 1.165) is 50.9 Å². The van der Waals surface area contributed by atoms with Gasteiger partial charge in [-0.2, -0.15) is 0 Å². The molecule has 0 amide bonds. The van der Waals surface area contributed by atoms with Crippen molar-refractivity contribution in [2.75, 3.05) is 44.7 Å². The summed E-state index contributed by atoms with van der Waals surface area (Å²) in [5.41, 5.74) is 0.679. The van der Waals surface area contributed by atoms with Gasteiger partial charge in [0.1, 0.15) is 11.6 Å². The Balaban J connectivity index is 1.50. The first-order chi connectivity index (χ1) is 11.8. The van der Waals surface area contributed by atoms with E-state index in [0.29, 0.717) is 5.69 Å². The number of halogens is 1. The highest BCUT2D eigenvalue weighted by Crippen LogP contribution is 2.20. The van der Waals surface area contributed by atoms with Gasteiger partial charge < -0.3 is 19.5 Å². The molecule has 2 aromatic rings. The number of rotatable bonds is 4. The zero-order chi connectivity index (χ0) is 16.8. The van der Waals surface area contributed by atoms with E-state index in [9.17, 15) is 4.39 Å². The zero-order valence-electron chi connectivity index (χ0n) is 13.9.